The lowest BCUT2D eigenvalue weighted by atomic mass is 10.1. The molecule has 3 heterocycles. The van der Waals surface area contributed by atoms with Gasteiger partial charge in [-0.2, -0.15) is 0 Å². The molecule has 0 atom stereocenters. The maximum absolute atomic E-state index is 6.26. The standard InChI is InChI=1S/C24H15N7O/c1-2-4-18(5-3-1)31-19-10-16(23-27-12-25-13-28-23)6-8-21(19)32-22-9-7-17(11-20(22)31)24-29-14-26-15-30-24/h1-15H. The van der Waals surface area contributed by atoms with E-state index in [9.17, 15) is 0 Å². The molecule has 0 bridgehead atoms. The minimum atomic E-state index is 0.598. The molecule has 0 N–H and O–H groups in total. The molecule has 8 heteroatoms. The van der Waals surface area contributed by atoms with Gasteiger partial charge in [0.05, 0.1) is 11.4 Å². The highest BCUT2D eigenvalue weighted by atomic mass is 16.5. The zero-order valence-corrected chi connectivity index (χ0v) is 16.7. The van der Waals surface area contributed by atoms with Crippen LogP contribution in [-0.2, 0) is 0 Å². The maximum Gasteiger partial charge on any atom is 0.162 e. The summed E-state index contributed by atoms with van der Waals surface area (Å²) in [6.07, 6.45) is 5.96. The van der Waals surface area contributed by atoms with Crippen molar-refractivity contribution in [2.24, 2.45) is 0 Å². The van der Waals surface area contributed by atoms with Crippen molar-refractivity contribution in [2.75, 3.05) is 4.90 Å². The highest BCUT2D eigenvalue weighted by Crippen LogP contribution is 2.51. The minimum absolute atomic E-state index is 0.598. The Morgan fingerprint density at radius 2 is 1.06 bits per heavy atom. The van der Waals surface area contributed by atoms with Gasteiger partial charge >= 0.3 is 0 Å². The average molecular weight is 417 g/mol. The second-order valence-electron chi connectivity index (χ2n) is 7.06. The lowest BCUT2D eigenvalue weighted by molar-refractivity contribution is 0.477. The molecule has 32 heavy (non-hydrogen) atoms. The Balaban J connectivity index is 1.55. The molecule has 0 spiro atoms. The minimum Gasteiger partial charge on any atom is -0.453 e. The van der Waals surface area contributed by atoms with Gasteiger partial charge < -0.3 is 9.64 Å². The summed E-state index contributed by atoms with van der Waals surface area (Å²) in [7, 11) is 0. The second-order valence-corrected chi connectivity index (χ2v) is 7.06. The molecule has 0 radical (unpaired) electrons. The Morgan fingerprint density at radius 1 is 0.562 bits per heavy atom. The normalized spacial score (nSPS) is 11.9. The van der Waals surface area contributed by atoms with Crippen LogP contribution < -0.4 is 9.64 Å². The highest BCUT2D eigenvalue weighted by Gasteiger charge is 2.27. The van der Waals surface area contributed by atoms with Crippen LogP contribution in [0.15, 0.2) is 92.0 Å². The van der Waals surface area contributed by atoms with E-state index >= 15 is 0 Å². The van der Waals surface area contributed by atoms with Crippen LogP contribution >= 0.6 is 0 Å². The zero-order valence-electron chi connectivity index (χ0n) is 16.7. The number of aromatic nitrogens is 6. The van der Waals surface area contributed by atoms with Crippen LogP contribution in [0.5, 0.6) is 11.5 Å². The number of fused-ring (bicyclic) bond motifs is 2. The van der Waals surface area contributed by atoms with Crippen molar-refractivity contribution < 1.29 is 4.74 Å². The summed E-state index contributed by atoms with van der Waals surface area (Å²) in [5.41, 5.74) is 4.50. The molecule has 0 saturated carbocycles. The van der Waals surface area contributed by atoms with Crippen LogP contribution in [0.1, 0.15) is 0 Å². The molecule has 1 aliphatic heterocycles. The Morgan fingerprint density at radius 3 is 1.56 bits per heavy atom. The van der Waals surface area contributed by atoms with Crippen LogP contribution in [0, 0.1) is 0 Å². The van der Waals surface area contributed by atoms with Crippen LogP contribution in [-0.4, -0.2) is 29.9 Å². The van der Waals surface area contributed by atoms with Crippen molar-refractivity contribution in [2.45, 2.75) is 0 Å². The maximum atomic E-state index is 6.26. The summed E-state index contributed by atoms with van der Waals surface area (Å²) in [6.45, 7) is 0. The van der Waals surface area contributed by atoms with Crippen LogP contribution in [0.25, 0.3) is 22.8 Å². The highest BCUT2D eigenvalue weighted by molar-refractivity contribution is 5.89. The first-order valence-corrected chi connectivity index (χ1v) is 9.93. The van der Waals surface area contributed by atoms with E-state index < -0.39 is 0 Å². The van der Waals surface area contributed by atoms with Crippen molar-refractivity contribution in [3.8, 4) is 34.3 Å². The van der Waals surface area contributed by atoms with Gasteiger partial charge in [-0.1, -0.05) is 18.2 Å². The van der Waals surface area contributed by atoms with E-state index in [1.54, 1.807) is 0 Å². The molecule has 2 aromatic heterocycles. The Labute approximate surface area is 183 Å². The van der Waals surface area contributed by atoms with Gasteiger partial charge in [-0.05, 0) is 48.5 Å². The number of rotatable bonds is 3. The SMILES string of the molecule is c1ccc(N2c3cc(-c4ncncn4)ccc3Oc3ccc(-c4ncncn4)cc32)cc1. The molecule has 6 rings (SSSR count). The van der Waals surface area contributed by atoms with E-state index in [4.69, 9.17) is 4.74 Å². The van der Waals surface area contributed by atoms with Gasteiger partial charge in [0.15, 0.2) is 23.1 Å². The lowest BCUT2D eigenvalue weighted by Crippen LogP contribution is -2.16. The number of nitrogens with zero attached hydrogens (tertiary/aromatic N) is 7. The molecule has 0 fully saturated rings. The van der Waals surface area contributed by atoms with Gasteiger partial charge in [-0.3, -0.25) is 0 Å². The fourth-order valence-electron chi connectivity index (χ4n) is 3.72. The van der Waals surface area contributed by atoms with Gasteiger partial charge in [0, 0.05) is 16.8 Å². The molecule has 0 unspecified atom stereocenters. The van der Waals surface area contributed by atoms with E-state index in [1.807, 2.05) is 54.6 Å². The van der Waals surface area contributed by atoms with E-state index in [2.05, 4.69) is 46.9 Å². The van der Waals surface area contributed by atoms with Crippen molar-refractivity contribution in [1.82, 2.24) is 29.9 Å². The van der Waals surface area contributed by atoms with Crippen molar-refractivity contribution >= 4 is 17.1 Å². The van der Waals surface area contributed by atoms with Gasteiger partial charge in [0.25, 0.3) is 0 Å². The summed E-state index contributed by atoms with van der Waals surface area (Å²) >= 11 is 0. The summed E-state index contributed by atoms with van der Waals surface area (Å²) in [4.78, 5) is 27.1. The zero-order chi connectivity index (χ0) is 21.3. The van der Waals surface area contributed by atoms with Gasteiger partial charge in [-0.25, -0.2) is 29.9 Å². The number of anilines is 3. The monoisotopic (exact) mass is 417 g/mol. The predicted molar refractivity (Wildman–Crippen MR) is 119 cm³/mol. The first-order chi connectivity index (χ1) is 15.9. The number of hydrogen-bond acceptors (Lipinski definition) is 8. The Kier molecular flexibility index (Phi) is 4.25. The van der Waals surface area contributed by atoms with Crippen molar-refractivity contribution in [3.05, 3.63) is 92.0 Å². The largest absolute Gasteiger partial charge is 0.453 e. The summed E-state index contributed by atoms with van der Waals surface area (Å²) in [5.74, 6) is 2.68. The molecule has 0 aliphatic carbocycles. The fourth-order valence-corrected chi connectivity index (χ4v) is 3.72. The van der Waals surface area contributed by atoms with E-state index in [0.717, 1.165) is 39.7 Å². The number of benzene rings is 3. The third kappa shape index (κ3) is 3.10. The second kappa shape index (κ2) is 7.51. The number of ether oxygens (including phenoxy) is 1. The van der Waals surface area contributed by atoms with E-state index in [1.165, 1.54) is 25.3 Å². The van der Waals surface area contributed by atoms with Crippen molar-refractivity contribution in [3.63, 3.8) is 0 Å². The molecular formula is C24H15N7O. The molecule has 3 aromatic carbocycles. The van der Waals surface area contributed by atoms with Gasteiger partial charge in [0.1, 0.15) is 25.3 Å². The Bertz CT molecular complexity index is 1310. The molecule has 5 aromatic rings. The van der Waals surface area contributed by atoms with E-state index in [-0.39, 0.29) is 0 Å². The topological polar surface area (TPSA) is 89.8 Å². The summed E-state index contributed by atoms with van der Waals surface area (Å²) < 4.78 is 6.26. The molecule has 152 valence electrons. The third-order valence-electron chi connectivity index (χ3n) is 5.14. The molecule has 8 nitrogen and oxygen atoms in total. The van der Waals surface area contributed by atoms with Gasteiger partial charge in [-0.15, -0.1) is 0 Å². The average Bonchev–Trinajstić information content (AvgIpc) is 2.88. The van der Waals surface area contributed by atoms with Gasteiger partial charge in [0.2, 0.25) is 0 Å². The number of para-hydroxylation sites is 1. The number of hydrogen-bond donors (Lipinski definition) is 0. The molecular weight excluding hydrogens is 402 g/mol. The van der Waals surface area contributed by atoms with Crippen LogP contribution in [0.4, 0.5) is 17.1 Å². The predicted octanol–water partition coefficient (Wildman–Crippen LogP) is 4.97. The molecule has 0 amide bonds. The van der Waals surface area contributed by atoms with E-state index in [0.29, 0.717) is 11.6 Å². The first-order valence-electron chi connectivity index (χ1n) is 9.93. The first kappa shape index (κ1) is 18.1. The summed E-state index contributed by atoms with van der Waals surface area (Å²) in [6, 6.07) is 21.9. The lowest BCUT2D eigenvalue weighted by Gasteiger charge is -2.33. The third-order valence-corrected chi connectivity index (χ3v) is 5.14. The summed E-state index contributed by atoms with van der Waals surface area (Å²) in [5, 5.41) is 0. The van der Waals surface area contributed by atoms with Crippen molar-refractivity contribution in [1.29, 1.82) is 0 Å². The van der Waals surface area contributed by atoms with Crippen LogP contribution in [0.2, 0.25) is 0 Å². The Hall–Kier alpha value is -4.72. The molecule has 1 aliphatic rings. The fraction of sp³-hybridized carbons (Fsp3) is 0. The van der Waals surface area contributed by atoms with Crippen LogP contribution in [0.3, 0.4) is 0 Å². The smallest absolute Gasteiger partial charge is 0.162 e. The molecule has 0 saturated heterocycles. The quantitative estimate of drug-likeness (QED) is 0.399.